The average Bonchev–Trinajstić information content (AvgIpc) is 3.33. The topological polar surface area (TPSA) is 50.3 Å². The van der Waals surface area contributed by atoms with E-state index in [-0.39, 0.29) is 5.82 Å². The van der Waals surface area contributed by atoms with Gasteiger partial charge in [-0.05, 0) is 30.7 Å². The van der Waals surface area contributed by atoms with Crippen molar-refractivity contribution >= 4 is 27.7 Å². The minimum absolute atomic E-state index is 0.265. The van der Waals surface area contributed by atoms with Gasteiger partial charge in [0.15, 0.2) is 0 Å². The molecular formula is C21H22FN5O. The van der Waals surface area contributed by atoms with Crippen molar-refractivity contribution in [3.05, 3.63) is 54.5 Å². The normalized spacial score (nSPS) is 15.7. The fourth-order valence-corrected chi connectivity index (χ4v) is 3.97. The van der Waals surface area contributed by atoms with E-state index < -0.39 is 0 Å². The number of rotatable bonds is 5. The van der Waals surface area contributed by atoms with Crippen molar-refractivity contribution in [3.63, 3.8) is 0 Å². The van der Waals surface area contributed by atoms with E-state index in [9.17, 15) is 4.39 Å². The van der Waals surface area contributed by atoms with E-state index in [1.165, 1.54) is 12.1 Å². The zero-order valence-corrected chi connectivity index (χ0v) is 15.6. The maximum atomic E-state index is 13.4. The lowest BCUT2D eigenvalue weighted by Gasteiger charge is -2.35. The Morgan fingerprint density at radius 3 is 2.75 bits per heavy atom. The number of aryl methyl sites for hydroxylation is 1. The molecule has 1 fully saturated rings. The van der Waals surface area contributed by atoms with Crippen molar-refractivity contribution < 1.29 is 8.81 Å². The zero-order chi connectivity index (χ0) is 18.9. The lowest BCUT2D eigenvalue weighted by molar-refractivity contribution is 0.249. The number of para-hydroxylation sites is 1. The van der Waals surface area contributed by atoms with Crippen molar-refractivity contribution in [3.8, 4) is 0 Å². The molecule has 0 atom stereocenters. The summed E-state index contributed by atoms with van der Waals surface area (Å²) in [5, 5.41) is 9.45. The molecule has 0 unspecified atom stereocenters. The van der Waals surface area contributed by atoms with Gasteiger partial charge in [-0.2, -0.15) is 0 Å². The standard InChI is InChI=1S/C21H22FN5O/c22-16-6-7-17-20(15-28-21(17)14-16)26-12-10-25(11-13-26)8-3-9-27-19-5-2-1-4-18(19)23-24-27/h1-2,4-7,14-15H,3,8-13H2. The Hall–Kier alpha value is -2.93. The summed E-state index contributed by atoms with van der Waals surface area (Å²) in [6, 6.07) is 12.8. The second-order valence-corrected chi connectivity index (χ2v) is 7.24. The van der Waals surface area contributed by atoms with Crippen molar-refractivity contribution in [2.45, 2.75) is 13.0 Å². The molecule has 0 amide bonds. The highest BCUT2D eigenvalue weighted by atomic mass is 19.1. The molecule has 1 aliphatic rings. The van der Waals surface area contributed by atoms with Crippen LogP contribution in [0, 0.1) is 5.82 Å². The average molecular weight is 379 g/mol. The number of halogens is 1. The Bertz CT molecular complexity index is 1100. The highest BCUT2D eigenvalue weighted by Crippen LogP contribution is 2.30. The van der Waals surface area contributed by atoms with Crippen LogP contribution in [0.1, 0.15) is 6.42 Å². The highest BCUT2D eigenvalue weighted by Gasteiger charge is 2.20. The van der Waals surface area contributed by atoms with Crippen LogP contribution in [0.3, 0.4) is 0 Å². The first kappa shape index (κ1) is 17.2. The fourth-order valence-electron chi connectivity index (χ4n) is 3.97. The molecule has 1 aliphatic heterocycles. The molecule has 0 radical (unpaired) electrons. The van der Waals surface area contributed by atoms with Gasteiger partial charge in [-0.15, -0.1) is 5.10 Å². The quantitative estimate of drug-likeness (QED) is 0.531. The van der Waals surface area contributed by atoms with E-state index in [0.717, 1.165) is 67.8 Å². The number of hydrogen-bond acceptors (Lipinski definition) is 5. The molecule has 1 saturated heterocycles. The molecule has 28 heavy (non-hydrogen) atoms. The predicted octanol–water partition coefficient (Wildman–Crippen LogP) is 3.53. The number of fused-ring (bicyclic) bond motifs is 2. The van der Waals surface area contributed by atoms with Crippen LogP contribution in [-0.2, 0) is 6.54 Å². The van der Waals surface area contributed by atoms with Gasteiger partial charge in [0.05, 0.1) is 11.2 Å². The Morgan fingerprint density at radius 2 is 1.86 bits per heavy atom. The van der Waals surface area contributed by atoms with Crippen LogP contribution in [0.15, 0.2) is 53.1 Å². The van der Waals surface area contributed by atoms with Crippen LogP contribution < -0.4 is 4.90 Å². The highest BCUT2D eigenvalue weighted by molar-refractivity contribution is 5.91. The molecule has 3 heterocycles. The third-order valence-corrected chi connectivity index (χ3v) is 5.49. The van der Waals surface area contributed by atoms with E-state index in [4.69, 9.17) is 4.42 Å². The van der Waals surface area contributed by atoms with Gasteiger partial charge < -0.3 is 9.32 Å². The van der Waals surface area contributed by atoms with Crippen molar-refractivity contribution in [2.75, 3.05) is 37.6 Å². The van der Waals surface area contributed by atoms with E-state index in [1.807, 2.05) is 22.9 Å². The monoisotopic (exact) mass is 379 g/mol. The molecule has 5 rings (SSSR count). The van der Waals surface area contributed by atoms with Crippen molar-refractivity contribution in [2.24, 2.45) is 0 Å². The summed E-state index contributed by atoms with van der Waals surface area (Å²) in [5.41, 5.74) is 3.71. The molecule has 4 aromatic rings. The molecule has 2 aromatic heterocycles. The zero-order valence-electron chi connectivity index (χ0n) is 15.6. The molecule has 7 heteroatoms. The SMILES string of the molecule is Fc1ccc2c(N3CCN(CCCn4nnc5ccccc54)CC3)coc2c1. The van der Waals surface area contributed by atoms with Crippen molar-refractivity contribution in [1.29, 1.82) is 0 Å². The predicted molar refractivity (Wildman–Crippen MR) is 107 cm³/mol. The van der Waals surface area contributed by atoms with Crippen molar-refractivity contribution in [1.82, 2.24) is 19.9 Å². The van der Waals surface area contributed by atoms with Gasteiger partial charge >= 0.3 is 0 Å². The molecule has 0 bridgehead atoms. The summed E-state index contributed by atoms with van der Waals surface area (Å²) in [7, 11) is 0. The van der Waals surface area contributed by atoms with Crippen LogP contribution in [-0.4, -0.2) is 52.6 Å². The van der Waals surface area contributed by atoms with Gasteiger partial charge in [-0.3, -0.25) is 4.90 Å². The number of benzene rings is 2. The van der Waals surface area contributed by atoms with Crippen LogP contribution in [0.25, 0.3) is 22.0 Å². The number of anilines is 1. The second kappa shape index (κ2) is 7.24. The molecule has 6 nitrogen and oxygen atoms in total. The smallest absolute Gasteiger partial charge is 0.138 e. The number of nitrogens with zero attached hydrogens (tertiary/aromatic N) is 5. The van der Waals surface area contributed by atoms with Crippen LogP contribution in [0.2, 0.25) is 0 Å². The first-order valence-corrected chi connectivity index (χ1v) is 9.70. The lowest BCUT2D eigenvalue weighted by Crippen LogP contribution is -2.46. The number of piperazine rings is 1. The van der Waals surface area contributed by atoms with Gasteiger partial charge in [0, 0.05) is 50.7 Å². The summed E-state index contributed by atoms with van der Waals surface area (Å²) in [4.78, 5) is 4.81. The third-order valence-electron chi connectivity index (χ3n) is 5.49. The largest absolute Gasteiger partial charge is 0.462 e. The molecule has 0 aliphatic carbocycles. The van der Waals surface area contributed by atoms with Gasteiger partial charge in [-0.25, -0.2) is 9.07 Å². The third kappa shape index (κ3) is 3.22. The molecule has 0 spiro atoms. The van der Waals surface area contributed by atoms with Crippen LogP contribution in [0.4, 0.5) is 10.1 Å². The Labute approximate surface area is 162 Å². The molecule has 0 saturated carbocycles. The summed E-state index contributed by atoms with van der Waals surface area (Å²) in [5.74, 6) is -0.265. The summed E-state index contributed by atoms with van der Waals surface area (Å²) in [6.07, 6.45) is 2.79. The van der Waals surface area contributed by atoms with Crippen LogP contribution in [0.5, 0.6) is 0 Å². The summed E-state index contributed by atoms with van der Waals surface area (Å²) in [6.45, 7) is 5.81. The van der Waals surface area contributed by atoms with E-state index >= 15 is 0 Å². The molecule has 144 valence electrons. The number of hydrogen-bond donors (Lipinski definition) is 0. The number of furan rings is 1. The molecule has 2 aromatic carbocycles. The minimum Gasteiger partial charge on any atom is -0.462 e. The van der Waals surface area contributed by atoms with E-state index in [2.05, 4.69) is 26.2 Å². The lowest BCUT2D eigenvalue weighted by atomic mass is 10.2. The van der Waals surface area contributed by atoms with Gasteiger partial charge in [0.1, 0.15) is 23.2 Å². The van der Waals surface area contributed by atoms with Crippen LogP contribution >= 0.6 is 0 Å². The van der Waals surface area contributed by atoms with Gasteiger partial charge in [-0.1, -0.05) is 17.3 Å². The second-order valence-electron chi connectivity index (χ2n) is 7.24. The van der Waals surface area contributed by atoms with E-state index in [1.54, 1.807) is 12.3 Å². The molecular weight excluding hydrogens is 357 g/mol. The minimum atomic E-state index is -0.265. The maximum Gasteiger partial charge on any atom is 0.138 e. The first-order valence-electron chi connectivity index (χ1n) is 9.70. The summed E-state index contributed by atoms with van der Waals surface area (Å²) >= 11 is 0. The fraction of sp³-hybridized carbons (Fsp3) is 0.333. The summed E-state index contributed by atoms with van der Waals surface area (Å²) < 4.78 is 20.9. The molecule has 0 N–H and O–H groups in total. The Morgan fingerprint density at radius 1 is 1.00 bits per heavy atom. The van der Waals surface area contributed by atoms with Gasteiger partial charge in [0.25, 0.3) is 0 Å². The number of aromatic nitrogens is 3. The Kier molecular flexibility index (Phi) is 4.44. The first-order chi connectivity index (χ1) is 13.8. The van der Waals surface area contributed by atoms with E-state index in [0.29, 0.717) is 5.58 Å². The maximum absolute atomic E-state index is 13.4. The Balaban J connectivity index is 1.16. The van der Waals surface area contributed by atoms with Gasteiger partial charge in [0.2, 0.25) is 0 Å².